The first-order valence-electron chi connectivity index (χ1n) is 8.43. The first-order valence-corrected chi connectivity index (χ1v) is 10.9. The van der Waals surface area contributed by atoms with Gasteiger partial charge in [-0.05, 0) is 49.7 Å². The van der Waals surface area contributed by atoms with Crippen molar-refractivity contribution in [1.29, 1.82) is 0 Å². The van der Waals surface area contributed by atoms with E-state index >= 15 is 0 Å². The van der Waals surface area contributed by atoms with Gasteiger partial charge in [-0.2, -0.15) is 0 Å². The van der Waals surface area contributed by atoms with Crippen molar-refractivity contribution >= 4 is 61.4 Å². The number of methoxy groups -OCH3 is 1. The van der Waals surface area contributed by atoms with Gasteiger partial charge in [-0.15, -0.1) is 10.2 Å². The number of nitrogens with one attached hydrogen (secondary N) is 2. The quantitative estimate of drug-likeness (QED) is 0.437. The standard InChI is InChI=1S/C19H19BrN4O2S2/c1-11-7-8-16(26-3)15(9-11)22-17(25)12(2)27-19-24-23-18(28-19)21-14-6-4-5-13(20)10-14/h4-10,12H,1-3H3,(H,21,23)(H,22,25). The Kier molecular flexibility index (Phi) is 6.93. The number of thioether (sulfide) groups is 1. The smallest absolute Gasteiger partial charge is 0.237 e. The van der Waals surface area contributed by atoms with Gasteiger partial charge in [0, 0.05) is 10.2 Å². The van der Waals surface area contributed by atoms with Crippen LogP contribution in [-0.2, 0) is 4.79 Å². The monoisotopic (exact) mass is 478 g/mol. The van der Waals surface area contributed by atoms with Gasteiger partial charge < -0.3 is 15.4 Å². The van der Waals surface area contributed by atoms with Gasteiger partial charge in [0.05, 0.1) is 18.0 Å². The lowest BCUT2D eigenvalue weighted by atomic mass is 10.2. The first kappa shape index (κ1) is 20.6. The van der Waals surface area contributed by atoms with Gasteiger partial charge in [0.2, 0.25) is 11.0 Å². The Morgan fingerprint density at radius 2 is 2.07 bits per heavy atom. The van der Waals surface area contributed by atoms with E-state index in [-0.39, 0.29) is 11.2 Å². The van der Waals surface area contributed by atoms with Crippen LogP contribution in [0, 0.1) is 6.92 Å². The van der Waals surface area contributed by atoms with Crippen LogP contribution in [0.25, 0.3) is 0 Å². The van der Waals surface area contributed by atoms with Gasteiger partial charge in [0.1, 0.15) is 5.75 Å². The van der Waals surface area contributed by atoms with Crippen molar-refractivity contribution in [3.8, 4) is 5.75 Å². The van der Waals surface area contributed by atoms with Crippen LogP contribution in [0.15, 0.2) is 51.3 Å². The van der Waals surface area contributed by atoms with Crippen LogP contribution in [0.1, 0.15) is 12.5 Å². The van der Waals surface area contributed by atoms with Crippen molar-refractivity contribution in [2.24, 2.45) is 0 Å². The highest BCUT2D eigenvalue weighted by atomic mass is 79.9. The maximum atomic E-state index is 12.6. The number of rotatable bonds is 7. The third kappa shape index (κ3) is 5.46. The number of benzene rings is 2. The van der Waals surface area contributed by atoms with Crippen LogP contribution in [0.2, 0.25) is 0 Å². The molecule has 1 heterocycles. The largest absolute Gasteiger partial charge is 0.495 e. The minimum atomic E-state index is -0.336. The molecule has 6 nitrogen and oxygen atoms in total. The van der Waals surface area contributed by atoms with Crippen LogP contribution in [-0.4, -0.2) is 28.5 Å². The van der Waals surface area contributed by atoms with Crippen molar-refractivity contribution in [1.82, 2.24) is 10.2 Å². The predicted octanol–water partition coefficient (Wildman–Crippen LogP) is 5.48. The van der Waals surface area contributed by atoms with Crippen molar-refractivity contribution in [2.75, 3.05) is 17.7 Å². The van der Waals surface area contributed by atoms with E-state index in [1.807, 2.05) is 56.3 Å². The SMILES string of the molecule is COc1ccc(C)cc1NC(=O)C(C)Sc1nnc(Nc2cccc(Br)c2)s1. The number of carbonyl (C=O) groups is 1. The second-order valence-electron chi connectivity index (χ2n) is 5.96. The van der Waals surface area contributed by atoms with Crippen molar-refractivity contribution in [3.63, 3.8) is 0 Å². The van der Waals surface area contributed by atoms with E-state index < -0.39 is 0 Å². The lowest BCUT2D eigenvalue weighted by Crippen LogP contribution is -2.22. The number of hydrogen-bond donors (Lipinski definition) is 2. The number of anilines is 3. The summed E-state index contributed by atoms with van der Waals surface area (Å²) in [5.74, 6) is 0.512. The van der Waals surface area contributed by atoms with Gasteiger partial charge in [0.25, 0.3) is 0 Å². The summed E-state index contributed by atoms with van der Waals surface area (Å²) >= 11 is 6.21. The Bertz CT molecular complexity index is 980. The van der Waals surface area contributed by atoms with Crippen molar-refractivity contribution in [3.05, 3.63) is 52.5 Å². The molecule has 0 saturated carbocycles. The van der Waals surface area contributed by atoms with Gasteiger partial charge in [0.15, 0.2) is 4.34 Å². The fourth-order valence-corrected chi connectivity index (χ4v) is 4.67. The molecule has 0 aliphatic carbocycles. The molecule has 1 atom stereocenters. The number of aryl methyl sites for hydroxylation is 1. The lowest BCUT2D eigenvalue weighted by Gasteiger charge is -2.13. The maximum Gasteiger partial charge on any atom is 0.237 e. The summed E-state index contributed by atoms with van der Waals surface area (Å²) < 4.78 is 7.01. The topological polar surface area (TPSA) is 76.1 Å². The Hall–Kier alpha value is -2.10. The molecule has 0 fully saturated rings. The lowest BCUT2D eigenvalue weighted by molar-refractivity contribution is -0.115. The molecular formula is C19H19BrN4O2S2. The van der Waals surface area contributed by atoms with Crippen LogP contribution in [0.5, 0.6) is 5.75 Å². The molecule has 28 heavy (non-hydrogen) atoms. The molecule has 1 amide bonds. The Morgan fingerprint density at radius 3 is 2.82 bits per heavy atom. The van der Waals surface area contributed by atoms with Gasteiger partial charge in [-0.25, -0.2) is 0 Å². The number of aromatic nitrogens is 2. The molecule has 3 aromatic rings. The summed E-state index contributed by atoms with van der Waals surface area (Å²) in [7, 11) is 1.58. The second kappa shape index (κ2) is 9.40. The minimum absolute atomic E-state index is 0.120. The maximum absolute atomic E-state index is 12.6. The molecule has 0 saturated heterocycles. The number of amides is 1. The zero-order valence-electron chi connectivity index (χ0n) is 15.5. The zero-order valence-corrected chi connectivity index (χ0v) is 18.7. The van der Waals surface area contributed by atoms with Crippen LogP contribution < -0.4 is 15.4 Å². The third-order valence-corrected chi connectivity index (χ3v) is 6.26. The fourth-order valence-electron chi connectivity index (χ4n) is 2.36. The summed E-state index contributed by atoms with van der Waals surface area (Å²) in [6.45, 7) is 3.80. The minimum Gasteiger partial charge on any atom is -0.495 e. The molecule has 0 bridgehead atoms. The summed E-state index contributed by atoms with van der Waals surface area (Å²) in [4.78, 5) is 12.6. The van der Waals surface area contributed by atoms with Crippen molar-refractivity contribution < 1.29 is 9.53 Å². The number of ether oxygens (including phenoxy) is 1. The zero-order chi connectivity index (χ0) is 20.1. The van der Waals surface area contributed by atoms with Gasteiger partial charge in [-0.3, -0.25) is 4.79 Å². The van der Waals surface area contributed by atoms with Crippen LogP contribution in [0.4, 0.5) is 16.5 Å². The molecular weight excluding hydrogens is 460 g/mol. The molecule has 0 spiro atoms. The second-order valence-corrected chi connectivity index (χ2v) is 9.44. The van der Waals surface area contributed by atoms with E-state index in [1.54, 1.807) is 7.11 Å². The number of halogens is 1. The van der Waals surface area contributed by atoms with E-state index in [9.17, 15) is 4.79 Å². The number of nitrogens with zero attached hydrogens (tertiary/aromatic N) is 2. The van der Waals surface area contributed by atoms with E-state index in [2.05, 4.69) is 36.8 Å². The number of carbonyl (C=O) groups excluding carboxylic acids is 1. The molecule has 1 aromatic heterocycles. The first-order chi connectivity index (χ1) is 13.4. The molecule has 0 aliphatic rings. The molecule has 9 heteroatoms. The van der Waals surface area contributed by atoms with Gasteiger partial charge in [-0.1, -0.05) is 51.2 Å². The molecule has 0 aliphatic heterocycles. The molecule has 0 radical (unpaired) electrons. The highest BCUT2D eigenvalue weighted by Gasteiger charge is 2.19. The molecule has 1 unspecified atom stereocenters. The average Bonchev–Trinajstić information content (AvgIpc) is 3.08. The average molecular weight is 479 g/mol. The third-order valence-electron chi connectivity index (χ3n) is 3.74. The molecule has 3 rings (SSSR count). The Balaban J connectivity index is 1.62. The van der Waals surface area contributed by atoms with Crippen molar-refractivity contribution in [2.45, 2.75) is 23.4 Å². The molecule has 2 N–H and O–H groups in total. The summed E-state index contributed by atoms with van der Waals surface area (Å²) in [6.07, 6.45) is 0. The van der Waals surface area contributed by atoms with E-state index in [4.69, 9.17) is 4.74 Å². The number of hydrogen-bond acceptors (Lipinski definition) is 7. The van der Waals surface area contributed by atoms with E-state index in [0.29, 0.717) is 16.6 Å². The molecule has 2 aromatic carbocycles. The Morgan fingerprint density at radius 1 is 1.25 bits per heavy atom. The fraction of sp³-hybridized carbons (Fsp3) is 0.211. The highest BCUT2D eigenvalue weighted by molar-refractivity contribution is 9.10. The van der Waals surface area contributed by atoms with Gasteiger partial charge >= 0.3 is 0 Å². The van der Waals surface area contributed by atoms with Crippen LogP contribution in [0.3, 0.4) is 0 Å². The highest BCUT2D eigenvalue weighted by Crippen LogP contribution is 2.32. The van der Waals surface area contributed by atoms with E-state index in [0.717, 1.165) is 20.1 Å². The predicted molar refractivity (Wildman–Crippen MR) is 119 cm³/mol. The summed E-state index contributed by atoms with van der Waals surface area (Å²) in [5, 5.41) is 14.8. The molecule has 146 valence electrons. The van der Waals surface area contributed by atoms with Crippen LogP contribution >= 0.6 is 39.0 Å². The summed E-state index contributed by atoms with van der Waals surface area (Å²) in [6, 6.07) is 13.5. The van der Waals surface area contributed by atoms with E-state index in [1.165, 1.54) is 23.1 Å². The Labute approximate surface area is 180 Å². The summed E-state index contributed by atoms with van der Waals surface area (Å²) in [5.41, 5.74) is 2.62. The normalized spacial score (nSPS) is 11.7.